The van der Waals surface area contributed by atoms with Gasteiger partial charge in [0.15, 0.2) is 0 Å². The summed E-state index contributed by atoms with van der Waals surface area (Å²) < 4.78 is 2.65. The van der Waals surface area contributed by atoms with Gasteiger partial charge >= 0.3 is 0 Å². The van der Waals surface area contributed by atoms with Crippen LogP contribution in [0.3, 0.4) is 0 Å². The molecule has 1 aliphatic rings. The summed E-state index contributed by atoms with van der Waals surface area (Å²) in [6, 6.07) is 60.6. The highest BCUT2D eigenvalue weighted by Crippen LogP contribution is 2.55. The van der Waals surface area contributed by atoms with Crippen molar-refractivity contribution in [1.82, 2.24) is 0 Å². The van der Waals surface area contributed by atoms with Crippen molar-refractivity contribution < 1.29 is 0 Å². The number of rotatable bonds is 4. The highest BCUT2D eigenvalue weighted by molar-refractivity contribution is 7.26. The van der Waals surface area contributed by atoms with Gasteiger partial charge in [0.25, 0.3) is 0 Å². The van der Waals surface area contributed by atoms with Crippen LogP contribution in [0.2, 0.25) is 0 Å². The maximum atomic E-state index is 2.54. The van der Waals surface area contributed by atoms with Crippen LogP contribution < -0.4 is 4.90 Å². The molecule has 0 atom stereocenters. The first-order valence-corrected chi connectivity index (χ1v) is 17.8. The lowest BCUT2D eigenvalue weighted by Gasteiger charge is -2.30. The summed E-state index contributed by atoms with van der Waals surface area (Å²) in [5, 5.41) is 7.69. The summed E-state index contributed by atoms with van der Waals surface area (Å²) in [5.74, 6) is 0. The van der Waals surface area contributed by atoms with Crippen molar-refractivity contribution in [2.24, 2.45) is 0 Å². The van der Waals surface area contributed by atoms with Gasteiger partial charge in [-0.3, -0.25) is 0 Å². The molecule has 0 spiro atoms. The Morgan fingerprint density at radius 1 is 0.490 bits per heavy atom. The third-order valence-electron chi connectivity index (χ3n) is 10.6. The average Bonchev–Trinajstić information content (AvgIpc) is 3.64. The van der Waals surface area contributed by atoms with E-state index in [2.05, 4.69) is 183 Å². The van der Waals surface area contributed by atoms with Crippen molar-refractivity contribution in [1.29, 1.82) is 0 Å². The quantitative estimate of drug-likeness (QED) is 0.184. The lowest BCUT2D eigenvalue weighted by Crippen LogP contribution is -2.16. The Balaban J connectivity index is 1.31. The second-order valence-electron chi connectivity index (χ2n) is 13.7. The van der Waals surface area contributed by atoms with E-state index >= 15 is 0 Å². The normalized spacial score (nSPS) is 13.3. The highest BCUT2D eigenvalue weighted by Gasteiger charge is 2.38. The molecule has 1 aromatic heterocycles. The molecule has 1 nitrogen and oxygen atoms in total. The van der Waals surface area contributed by atoms with Gasteiger partial charge in [-0.05, 0) is 74.3 Å². The van der Waals surface area contributed by atoms with Crippen LogP contribution in [0, 0.1) is 0 Å². The zero-order valence-electron chi connectivity index (χ0n) is 27.4. The molecule has 1 heterocycles. The topological polar surface area (TPSA) is 3.24 Å². The van der Waals surface area contributed by atoms with Gasteiger partial charge in [0.05, 0.1) is 11.4 Å². The molecule has 9 aromatic rings. The van der Waals surface area contributed by atoms with E-state index in [1.807, 2.05) is 11.3 Å². The minimum Gasteiger partial charge on any atom is -0.309 e. The number of hydrogen-bond donors (Lipinski definition) is 0. The molecule has 0 fully saturated rings. The predicted octanol–water partition coefficient (Wildman–Crippen LogP) is 13.8. The highest BCUT2D eigenvalue weighted by atomic mass is 32.1. The molecule has 49 heavy (non-hydrogen) atoms. The largest absolute Gasteiger partial charge is 0.309 e. The lowest BCUT2D eigenvalue weighted by molar-refractivity contribution is 0.660. The second-order valence-corrected chi connectivity index (χ2v) is 14.8. The Hall–Kier alpha value is -5.70. The fourth-order valence-electron chi connectivity index (χ4n) is 8.34. The van der Waals surface area contributed by atoms with Gasteiger partial charge in [-0.25, -0.2) is 0 Å². The molecule has 0 N–H and O–H groups in total. The molecule has 0 radical (unpaired) electrons. The second kappa shape index (κ2) is 10.7. The van der Waals surface area contributed by atoms with Crippen LogP contribution >= 0.6 is 11.3 Å². The standard InChI is InChI=1S/C47H33NS/c1-47(2)39-22-7-5-20-38(39)45-40(47)23-12-25-42(45)48(33-17-9-16-32(29-33)35-21-10-14-30-13-3-4-18-34(30)35)41-24-11-15-31-27-28-37-36-19-6-8-26-43(36)49-46(37)44(31)41/h3-29H,1-2H3. The molecular formula is C47H33NS. The van der Waals surface area contributed by atoms with E-state index < -0.39 is 0 Å². The monoisotopic (exact) mass is 643 g/mol. The number of anilines is 3. The van der Waals surface area contributed by atoms with E-state index in [1.165, 1.54) is 86.5 Å². The number of thiophene rings is 1. The van der Waals surface area contributed by atoms with Crippen LogP contribution in [0.25, 0.3) is 64.0 Å². The summed E-state index contributed by atoms with van der Waals surface area (Å²) >= 11 is 1.90. The number of benzene rings is 8. The first-order chi connectivity index (χ1) is 24.1. The summed E-state index contributed by atoms with van der Waals surface area (Å²) in [5.41, 5.74) is 11.3. The van der Waals surface area contributed by atoms with E-state index in [0.29, 0.717) is 0 Å². The minimum absolute atomic E-state index is 0.101. The molecule has 0 saturated heterocycles. The first kappa shape index (κ1) is 28.3. The molecule has 0 unspecified atom stereocenters. The molecule has 0 aliphatic heterocycles. The molecule has 232 valence electrons. The van der Waals surface area contributed by atoms with Gasteiger partial charge in [0.1, 0.15) is 0 Å². The van der Waals surface area contributed by atoms with Gasteiger partial charge in [-0.1, -0.05) is 147 Å². The van der Waals surface area contributed by atoms with Gasteiger partial charge < -0.3 is 4.90 Å². The molecular weight excluding hydrogens is 611 g/mol. The van der Waals surface area contributed by atoms with Crippen LogP contribution in [0.5, 0.6) is 0 Å². The van der Waals surface area contributed by atoms with Crippen LogP contribution in [-0.2, 0) is 5.41 Å². The molecule has 0 amide bonds. The molecule has 0 saturated carbocycles. The third-order valence-corrected chi connectivity index (χ3v) is 11.8. The maximum Gasteiger partial charge on any atom is 0.0554 e. The van der Waals surface area contributed by atoms with Crippen molar-refractivity contribution in [3.63, 3.8) is 0 Å². The van der Waals surface area contributed by atoms with Crippen LogP contribution in [0.1, 0.15) is 25.0 Å². The minimum atomic E-state index is -0.101. The van der Waals surface area contributed by atoms with Crippen molar-refractivity contribution in [3.05, 3.63) is 175 Å². The fourth-order valence-corrected chi connectivity index (χ4v) is 9.61. The smallest absolute Gasteiger partial charge is 0.0554 e. The molecule has 0 bridgehead atoms. The van der Waals surface area contributed by atoms with Crippen molar-refractivity contribution in [2.45, 2.75) is 19.3 Å². The molecule has 1 aliphatic carbocycles. The van der Waals surface area contributed by atoms with Crippen molar-refractivity contribution in [2.75, 3.05) is 4.90 Å². The Labute approximate surface area is 290 Å². The average molecular weight is 644 g/mol. The van der Waals surface area contributed by atoms with Gasteiger partial charge in [-0.15, -0.1) is 11.3 Å². The van der Waals surface area contributed by atoms with E-state index in [9.17, 15) is 0 Å². The summed E-state index contributed by atoms with van der Waals surface area (Å²) in [7, 11) is 0. The fraction of sp³-hybridized carbons (Fsp3) is 0.0638. The number of hydrogen-bond acceptors (Lipinski definition) is 2. The lowest BCUT2D eigenvalue weighted by atomic mass is 9.82. The SMILES string of the molecule is CC1(C)c2ccccc2-c2c(N(c3cccc(-c4cccc5ccccc45)c3)c3cccc4ccc5c6ccccc6sc5c34)cccc21. The molecule has 2 heteroatoms. The Kier molecular flexibility index (Phi) is 6.16. The van der Waals surface area contributed by atoms with Gasteiger partial charge in [-0.2, -0.15) is 0 Å². The Morgan fingerprint density at radius 3 is 2.10 bits per heavy atom. The summed E-state index contributed by atoms with van der Waals surface area (Å²) in [4.78, 5) is 2.54. The van der Waals surface area contributed by atoms with E-state index in [1.54, 1.807) is 0 Å². The zero-order valence-corrected chi connectivity index (χ0v) is 28.3. The van der Waals surface area contributed by atoms with Crippen molar-refractivity contribution >= 4 is 70.1 Å². The van der Waals surface area contributed by atoms with E-state index in [-0.39, 0.29) is 5.41 Å². The predicted molar refractivity (Wildman–Crippen MR) is 212 cm³/mol. The maximum absolute atomic E-state index is 2.54. The van der Waals surface area contributed by atoms with E-state index in [0.717, 1.165) is 5.69 Å². The van der Waals surface area contributed by atoms with Crippen LogP contribution in [-0.4, -0.2) is 0 Å². The van der Waals surface area contributed by atoms with Crippen LogP contribution in [0.4, 0.5) is 17.1 Å². The molecule has 10 rings (SSSR count). The van der Waals surface area contributed by atoms with Gasteiger partial charge in [0.2, 0.25) is 0 Å². The Bertz CT molecular complexity index is 2760. The summed E-state index contributed by atoms with van der Waals surface area (Å²) in [6.07, 6.45) is 0. The third kappa shape index (κ3) is 4.17. The van der Waals surface area contributed by atoms with Crippen molar-refractivity contribution in [3.8, 4) is 22.3 Å². The van der Waals surface area contributed by atoms with Gasteiger partial charge in [0, 0.05) is 42.2 Å². The zero-order chi connectivity index (χ0) is 32.7. The first-order valence-electron chi connectivity index (χ1n) is 17.0. The summed E-state index contributed by atoms with van der Waals surface area (Å²) in [6.45, 7) is 4.73. The number of fused-ring (bicyclic) bond motifs is 9. The Morgan fingerprint density at radius 2 is 1.16 bits per heavy atom. The van der Waals surface area contributed by atoms with Crippen LogP contribution in [0.15, 0.2) is 164 Å². The number of nitrogens with zero attached hydrogens (tertiary/aromatic N) is 1. The molecule has 8 aromatic carbocycles. The van der Waals surface area contributed by atoms with E-state index in [4.69, 9.17) is 0 Å².